The third-order valence-electron chi connectivity index (χ3n) is 5.69. The number of carbonyl (C=O) groups excluding carboxylic acids is 3. The molecule has 1 N–H and O–H groups in total. The van der Waals surface area contributed by atoms with Crippen LogP contribution in [-0.2, 0) is 23.9 Å². The van der Waals surface area contributed by atoms with E-state index in [0.717, 1.165) is 16.2 Å². The van der Waals surface area contributed by atoms with Crippen molar-refractivity contribution in [3.8, 4) is 0 Å². The molecule has 0 saturated heterocycles. The SMILES string of the molecule is CCOC(=O)C1=C(C)NC2=C(C(=O)C(C(=O)OC)C(C)C2)C1c1ccc(SC)cc1. The molecule has 0 fully saturated rings. The molecule has 0 amide bonds. The molecule has 0 saturated carbocycles. The van der Waals surface area contributed by atoms with Gasteiger partial charge < -0.3 is 14.8 Å². The van der Waals surface area contributed by atoms with Gasteiger partial charge in [0.2, 0.25) is 0 Å². The zero-order valence-corrected chi connectivity index (χ0v) is 18.7. The molecule has 3 atom stereocenters. The molecule has 1 heterocycles. The number of hydrogen-bond donors (Lipinski definition) is 1. The minimum Gasteiger partial charge on any atom is -0.468 e. The third-order valence-corrected chi connectivity index (χ3v) is 6.43. The lowest BCUT2D eigenvalue weighted by Crippen LogP contribution is -2.43. The minimum absolute atomic E-state index is 0.201. The van der Waals surface area contributed by atoms with Crippen molar-refractivity contribution in [2.45, 2.75) is 38.0 Å². The van der Waals surface area contributed by atoms with Gasteiger partial charge in [0.25, 0.3) is 0 Å². The molecule has 0 bridgehead atoms. The highest BCUT2D eigenvalue weighted by Crippen LogP contribution is 2.45. The van der Waals surface area contributed by atoms with Gasteiger partial charge in [-0.2, -0.15) is 0 Å². The minimum atomic E-state index is -0.884. The van der Waals surface area contributed by atoms with Gasteiger partial charge in [-0.15, -0.1) is 11.8 Å². The van der Waals surface area contributed by atoms with Crippen LogP contribution in [0.3, 0.4) is 0 Å². The monoisotopic (exact) mass is 429 g/mol. The average Bonchev–Trinajstić information content (AvgIpc) is 2.72. The Bertz CT molecular complexity index is 931. The summed E-state index contributed by atoms with van der Waals surface area (Å²) >= 11 is 1.61. The Hall–Kier alpha value is -2.54. The number of Topliss-reactive ketones (excluding diaryl/α,β-unsaturated/α-hetero) is 1. The van der Waals surface area contributed by atoms with Crippen molar-refractivity contribution in [3.05, 3.63) is 52.4 Å². The van der Waals surface area contributed by atoms with E-state index in [1.54, 1.807) is 18.7 Å². The van der Waals surface area contributed by atoms with Crippen LogP contribution in [0.15, 0.2) is 51.7 Å². The van der Waals surface area contributed by atoms with Crippen molar-refractivity contribution in [2.75, 3.05) is 20.0 Å². The molecule has 1 aromatic carbocycles. The number of allylic oxidation sites excluding steroid dienone is 3. The van der Waals surface area contributed by atoms with E-state index in [4.69, 9.17) is 9.47 Å². The maximum Gasteiger partial charge on any atom is 0.336 e. The number of rotatable bonds is 5. The van der Waals surface area contributed by atoms with Gasteiger partial charge in [0.05, 0.1) is 19.3 Å². The number of benzene rings is 1. The zero-order chi connectivity index (χ0) is 22.0. The van der Waals surface area contributed by atoms with Crippen LogP contribution in [0.2, 0.25) is 0 Å². The van der Waals surface area contributed by atoms with Crippen molar-refractivity contribution in [2.24, 2.45) is 11.8 Å². The molecule has 0 radical (unpaired) electrons. The van der Waals surface area contributed by atoms with Crippen LogP contribution in [0.4, 0.5) is 0 Å². The second-order valence-electron chi connectivity index (χ2n) is 7.53. The van der Waals surface area contributed by atoms with Gasteiger partial charge in [-0.05, 0) is 50.1 Å². The largest absolute Gasteiger partial charge is 0.468 e. The highest BCUT2D eigenvalue weighted by atomic mass is 32.2. The molecule has 7 heteroatoms. The quantitative estimate of drug-likeness (QED) is 0.435. The summed E-state index contributed by atoms with van der Waals surface area (Å²) in [5.74, 6) is -2.98. The first kappa shape index (κ1) is 22.2. The Morgan fingerprint density at radius 3 is 2.47 bits per heavy atom. The first-order valence-electron chi connectivity index (χ1n) is 9.97. The molecule has 1 aliphatic heterocycles. The summed E-state index contributed by atoms with van der Waals surface area (Å²) in [6.07, 6.45) is 2.51. The molecular weight excluding hydrogens is 402 g/mol. The van der Waals surface area contributed by atoms with Crippen molar-refractivity contribution in [1.82, 2.24) is 5.32 Å². The number of ether oxygens (including phenoxy) is 2. The van der Waals surface area contributed by atoms with Crippen LogP contribution in [-0.4, -0.2) is 37.7 Å². The number of thioether (sulfide) groups is 1. The van der Waals surface area contributed by atoms with Crippen molar-refractivity contribution in [3.63, 3.8) is 0 Å². The summed E-state index contributed by atoms with van der Waals surface area (Å²) in [5.41, 5.74) is 3.10. The molecule has 30 heavy (non-hydrogen) atoms. The number of carbonyl (C=O) groups is 3. The molecule has 3 rings (SSSR count). The third kappa shape index (κ3) is 3.90. The van der Waals surface area contributed by atoms with E-state index in [-0.39, 0.29) is 18.3 Å². The Balaban J connectivity index is 2.17. The van der Waals surface area contributed by atoms with E-state index >= 15 is 0 Å². The van der Waals surface area contributed by atoms with Gasteiger partial charge in [0.1, 0.15) is 5.92 Å². The molecule has 6 nitrogen and oxygen atoms in total. The standard InChI is InChI=1S/C23H27NO5S/c1-6-29-23(27)18-13(3)24-16-11-12(2)17(22(26)28-4)21(25)20(16)19(18)14-7-9-15(30-5)10-8-14/h7-10,12,17,19,24H,6,11H2,1-5H3. The number of methoxy groups -OCH3 is 1. The molecule has 0 spiro atoms. The van der Waals surface area contributed by atoms with Gasteiger partial charge in [0, 0.05) is 27.8 Å². The normalized spacial score (nSPS) is 23.6. The van der Waals surface area contributed by atoms with E-state index in [1.807, 2.05) is 44.4 Å². The van der Waals surface area contributed by atoms with Gasteiger partial charge in [-0.25, -0.2) is 4.79 Å². The lowest BCUT2D eigenvalue weighted by Gasteiger charge is -2.38. The van der Waals surface area contributed by atoms with Gasteiger partial charge in [-0.1, -0.05) is 19.1 Å². The van der Waals surface area contributed by atoms with Crippen molar-refractivity contribution < 1.29 is 23.9 Å². The van der Waals surface area contributed by atoms with E-state index in [9.17, 15) is 14.4 Å². The first-order chi connectivity index (χ1) is 14.3. The fourth-order valence-corrected chi connectivity index (χ4v) is 4.70. The van der Waals surface area contributed by atoms with Gasteiger partial charge in [-0.3, -0.25) is 9.59 Å². The van der Waals surface area contributed by atoms with E-state index in [1.165, 1.54) is 7.11 Å². The summed E-state index contributed by atoms with van der Waals surface area (Å²) in [4.78, 5) is 39.9. The first-order valence-corrected chi connectivity index (χ1v) is 11.2. The number of nitrogens with one attached hydrogen (secondary N) is 1. The molecule has 0 aromatic heterocycles. The smallest absolute Gasteiger partial charge is 0.336 e. The van der Waals surface area contributed by atoms with Crippen LogP contribution in [0.5, 0.6) is 0 Å². The highest BCUT2D eigenvalue weighted by Gasteiger charge is 2.47. The molecule has 1 aliphatic carbocycles. The Kier molecular flexibility index (Phi) is 6.71. The summed E-state index contributed by atoms with van der Waals surface area (Å²) in [6.45, 7) is 5.67. The lowest BCUT2D eigenvalue weighted by atomic mass is 9.69. The summed E-state index contributed by atoms with van der Waals surface area (Å²) in [5, 5.41) is 3.25. The number of ketones is 1. The van der Waals surface area contributed by atoms with Crippen LogP contribution in [0.25, 0.3) is 0 Å². The van der Waals surface area contributed by atoms with Crippen LogP contribution >= 0.6 is 11.8 Å². The van der Waals surface area contributed by atoms with E-state index in [0.29, 0.717) is 23.3 Å². The summed E-state index contributed by atoms with van der Waals surface area (Å²) < 4.78 is 10.2. The molecule has 160 valence electrons. The molecule has 1 aromatic rings. The van der Waals surface area contributed by atoms with Gasteiger partial charge in [0.15, 0.2) is 5.78 Å². The van der Waals surface area contributed by atoms with Crippen LogP contribution in [0.1, 0.15) is 38.7 Å². The second-order valence-corrected chi connectivity index (χ2v) is 8.41. The molecule has 3 unspecified atom stereocenters. The Morgan fingerprint density at radius 2 is 1.90 bits per heavy atom. The predicted molar refractivity (Wildman–Crippen MR) is 115 cm³/mol. The highest BCUT2D eigenvalue weighted by molar-refractivity contribution is 7.98. The van der Waals surface area contributed by atoms with Crippen LogP contribution in [0, 0.1) is 11.8 Å². The Labute approximate surface area is 181 Å². The average molecular weight is 430 g/mol. The van der Waals surface area contributed by atoms with Gasteiger partial charge >= 0.3 is 11.9 Å². The zero-order valence-electron chi connectivity index (χ0n) is 17.9. The summed E-state index contributed by atoms with van der Waals surface area (Å²) in [7, 11) is 1.29. The maximum atomic E-state index is 13.5. The van der Waals surface area contributed by atoms with Crippen molar-refractivity contribution >= 4 is 29.5 Å². The second kappa shape index (κ2) is 9.08. The number of esters is 2. The molecular formula is C23H27NO5S. The van der Waals surface area contributed by atoms with E-state index < -0.39 is 23.8 Å². The topological polar surface area (TPSA) is 81.7 Å². The number of hydrogen-bond acceptors (Lipinski definition) is 7. The fraction of sp³-hybridized carbons (Fsp3) is 0.435. The Morgan fingerprint density at radius 1 is 1.23 bits per heavy atom. The fourth-order valence-electron chi connectivity index (χ4n) is 4.29. The van der Waals surface area contributed by atoms with Crippen LogP contribution < -0.4 is 5.32 Å². The molecule has 2 aliphatic rings. The van der Waals surface area contributed by atoms with Crippen molar-refractivity contribution in [1.29, 1.82) is 0 Å². The maximum absolute atomic E-state index is 13.5. The van der Waals surface area contributed by atoms with E-state index in [2.05, 4.69) is 5.32 Å². The predicted octanol–water partition coefficient (Wildman–Crippen LogP) is 3.58. The number of dihydropyridines is 1. The lowest BCUT2D eigenvalue weighted by molar-refractivity contribution is -0.151. The summed E-state index contributed by atoms with van der Waals surface area (Å²) in [6, 6.07) is 7.79.